The Morgan fingerprint density at radius 2 is 2.08 bits per heavy atom. The minimum Gasteiger partial charge on any atom is -0.381 e. The molecule has 6 nitrogen and oxygen atoms in total. The summed E-state index contributed by atoms with van der Waals surface area (Å²) in [5.74, 6) is 0.793. The lowest BCUT2D eigenvalue weighted by Crippen LogP contribution is -2.35. The second-order valence-electron chi connectivity index (χ2n) is 6.12. The Morgan fingerprint density at radius 3 is 2.79 bits per heavy atom. The van der Waals surface area contributed by atoms with Crippen LogP contribution in [0.2, 0.25) is 0 Å². The Bertz CT molecular complexity index is 621. The van der Waals surface area contributed by atoms with E-state index in [9.17, 15) is 4.79 Å². The summed E-state index contributed by atoms with van der Waals surface area (Å²) in [4.78, 5) is 15.8. The van der Waals surface area contributed by atoms with Crippen LogP contribution in [0, 0.1) is 5.92 Å². The highest BCUT2D eigenvalue weighted by Crippen LogP contribution is 2.28. The lowest BCUT2D eigenvalue weighted by Gasteiger charge is -2.09. The Morgan fingerprint density at radius 1 is 1.25 bits per heavy atom. The fourth-order valence-corrected chi connectivity index (χ4v) is 2.35. The molecular formula is C18H24N4O2. The zero-order valence-electron chi connectivity index (χ0n) is 13.8. The molecule has 6 heteroatoms. The maximum atomic E-state index is 11.7. The molecule has 0 radical (unpaired) electrons. The predicted octanol–water partition coefficient (Wildman–Crippen LogP) is 2.49. The molecule has 1 aromatic carbocycles. The van der Waals surface area contributed by atoms with Gasteiger partial charge in [-0.15, -0.1) is 0 Å². The van der Waals surface area contributed by atoms with Gasteiger partial charge in [-0.3, -0.25) is 0 Å². The minimum absolute atomic E-state index is 0.143. The molecule has 1 aliphatic rings. The van der Waals surface area contributed by atoms with E-state index in [1.165, 1.54) is 12.8 Å². The average molecular weight is 328 g/mol. The van der Waals surface area contributed by atoms with Crippen LogP contribution < -0.4 is 10.6 Å². The van der Waals surface area contributed by atoms with Gasteiger partial charge in [0.2, 0.25) is 0 Å². The number of nitrogens with one attached hydrogen (secondary N) is 2. The number of imidazole rings is 1. The van der Waals surface area contributed by atoms with Crippen LogP contribution in [0.15, 0.2) is 43.0 Å². The molecule has 0 atom stereocenters. The molecule has 24 heavy (non-hydrogen) atoms. The molecule has 2 amide bonds. The van der Waals surface area contributed by atoms with Crippen molar-refractivity contribution >= 4 is 6.03 Å². The molecule has 1 fully saturated rings. The standard InChI is InChI=1S/C18H24N4O2/c23-18(20-8-1-11-24-13-16-2-3-16)21-12-15-4-6-17(7-5-15)22-10-9-19-14-22/h4-7,9-10,14,16H,1-3,8,11-13H2,(H2,20,21,23). The third kappa shape index (κ3) is 5.38. The van der Waals surface area contributed by atoms with E-state index in [0.717, 1.165) is 30.2 Å². The smallest absolute Gasteiger partial charge is 0.315 e. The first-order valence-electron chi connectivity index (χ1n) is 8.48. The van der Waals surface area contributed by atoms with Gasteiger partial charge in [-0.2, -0.15) is 0 Å². The Balaban J connectivity index is 1.29. The van der Waals surface area contributed by atoms with Crippen LogP contribution in [0.3, 0.4) is 0 Å². The van der Waals surface area contributed by atoms with E-state index in [1.54, 1.807) is 12.5 Å². The monoisotopic (exact) mass is 328 g/mol. The zero-order valence-corrected chi connectivity index (χ0v) is 13.8. The highest BCUT2D eigenvalue weighted by atomic mass is 16.5. The number of hydrogen-bond acceptors (Lipinski definition) is 3. The molecule has 2 aromatic rings. The summed E-state index contributed by atoms with van der Waals surface area (Å²) in [7, 11) is 0. The molecule has 1 heterocycles. The molecule has 0 spiro atoms. The second kappa shape index (κ2) is 8.49. The predicted molar refractivity (Wildman–Crippen MR) is 92.0 cm³/mol. The van der Waals surface area contributed by atoms with Crippen molar-refractivity contribution in [1.82, 2.24) is 20.2 Å². The topological polar surface area (TPSA) is 68.2 Å². The van der Waals surface area contributed by atoms with E-state index >= 15 is 0 Å². The lowest BCUT2D eigenvalue weighted by atomic mass is 10.2. The molecule has 128 valence electrons. The number of nitrogens with zero attached hydrogens (tertiary/aromatic N) is 2. The highest BCUT2D eigenvalue weighted by molar-refractivity contribution is 5.73. The van der Waals surface area contributed by atoms with Crippen molar-refractivity contribution < 1.29 is 9.53 Å². The zero-order chi connectivity index (χ0) is 16.6. The molecule has 0 bridgehead atoms. The number of carbonyl (C=O) groups is 1. The summed E-state index contributed by atoms with van der Waals surface area (Å²) in [5.41, 5.74) is 2.11. The van der Waals surface area contributed by atoms with Crippen molar-refractivity contribution in [3.05, 3.63) is 48.5 Å². The number of amides is 2. The van der Waals surface area contributed by atoms with Gasteiger partial charge in [-0.25, -0.2) is 9.78 Å². The van der Waals surface area contributed by atoms with Gasteiger partial charge < -0.3 is 19.9 Å². The third-order valence-electron chi connectivity index (χ3n) is 3.99. The highest BCUT2D eigenvalue weighted by Gasteiger charge is 2.20. The molecule has 1 saturated carbocycles. The van der Waals surface area contributed by atoms with Crippen molar-refractivity contribution in [2.45, 2.75) is 25.8 Å². The normalized spacial score (nSPS) is 13.7. The van der Waals surface area contributed by atoms with Gasteiger partial charge in [-0.1, -0.05) is 12.1 Å². The van der Waals surface area contributed by atoms with Crippen LogP contribution in [-0.4, -0.2) is 35.3 Å². The first-order chi connectivity index (χ1) is 11.8. The van der Waals surface area contributed by atoms with Gasteiger partial charge in [-0.05, 0) is 42.9 Å². The fourth-order valence-electron chi connectivity index (χ4n) is 2.35. The number of carbonyl (C=O) groups excluding carboxylic acids is 1. The van der Waals surface area contributed by atoms with E-state index < -0.39 is 0 Å². The van der Waals surface area contributed by atoms with Crippen molar-refractivity contribution in [1.29, 1.82) is 0 Å². The summed E-state index contributed by atoms with van der Waals surface area (Å²) < 4.78 is 7.47. The van der Waals surface area contributed by atoms with Gasteiger partial charge >= 0.3 is 6.03 Å². The molecule has 1 aromatic heterocycles. The summed E-state index contributed by atoms with van der Waals surface area (Å²) in [6.07, 6.45) is 8.87. The molecule has 0 saturated heterocycles. The van der Waals surface area contributed by atoms with E-state index in [0.29, 0.717) is 19.7 Å². The van der Waals surface area contributed by atoms with Crippen LogP contribution in [0.25, 0.3) is 5.69 Å². The molecule has 0 unspecified atom stereocenters. The van der Waals surface area contributed by atoms with Crippen LogP contribution >= 0.6 is 0 Å². The van der Waals surface area contributed by atoms with Crippen LogP contribution in [0.4, 0.5) is 4.79 Å². The molecule has 0 aliphatic heterocycles. The summed E-state index contributed by atoms with van der Waals surface area (Å²) >= 11 is 0. The first-order valence-corrected chi connectivity index (χ1v) is 8.48. The summed E-state index contributed by atoms with van der Waals surface area (Å²) in [6, 6.07) is 7.88. The number of rotatable bonds is 9. The van der Waals surface area contributed by atoms with E-state index in [2.05, 4.69) is 15.6 Å². The number of hydrogen-bond donors (Lipinski definition) is 2. The van der Waals surface area contributed by atoms with Crippen molar-refractivity contribution in [2.75, 3.05) is 19.8 Å². The van der Waals surface area contributed by atoms with Gasteiger partial charge in [0, 0.05) is 44.4 Å². The average Bonchev–Trinajstić information content (AvgIpc) is 3.27. The van der Waals surface area contributed by atoms with E-state index in [4.69, 9.17) is 4.74 Å². The molecule has 3 rings (SSSR count). The SMILES string of the molecule is O=C(NCCCOCC1CC1)NCc1ccc(-n2ccnc2)cc1. The molecule has 2 N–H and O–H groups in total. The fraction of sp³-hybridized carbons (Fsp3) is 0.444. The number of aromatic nitrogens is 2. The summed E-state index contributed by atoms with van der Waals surface area (Å²) in [6.45, 7) is 2.73. The largest absolute Gasteiger partial charge is 0.381 e. The third-order valence-corrected chi connectivity index (χ3v) is 3.99. The second-order valence-corrected chi connectivity index (χ2v) is 6.12. The van der Waals surface area contributed by atoms with E-state index in [-0.39, 0.29) is 6.03 Å². The van der Waals surface area contributed by atoms with Gasteiger partial charge in [0.15, 0.2) is 0 Å². The maximum Gasteiger partial charge on any atom is 0.315 e. The minimum atomic E-state index is -0.143. The van der Waals surface area contributed by atoms with E-state index in [1.807, 2.05) is 35.0 Å². The maximum absolute atomic E-state index is 11.7. The van der Waals surface area contributed by atoms with Crippen LogP contribution in [0.1, 0.15) is 24.8 Å². The number of urea groups is 1. The molecular weight excluding hydrogens is 304 g/mol. The Hall–Kier alpha value is -2.34. The van der Waals surface area contributed by atoms with Gasteiger partial charge in [0.25, 0.3) is 0 Å². The van der Waals surface area contributed by atoms with Crippen molar-refractivity contribution in [3.8, 4) is 5.69 Å². The van der Waals surface area contributed by atoms with Gasteiger partial charge in [0.1, 0.15) is 0 Å². The Labute approximate surface area is 142 Å². The Kier molecular flexibility index (Phi) is 5.85. The quantitative estimate of drug-likeness (QED) is 0.695. The van der Waals surface area contributed by atoms with Crippen LogP contribution in [0.5, 0.6) is 0 Å². The first kappa shape index (κ1) is 16.5. The summed E-state index contributed by atoms with van der Waals surface area (Å²) in [5, 5.41) is 5.71. The van der Waals surface area contributed by atoms with Crippen molar-refractivity contribution in [2.24, 2.45) is 5.92 Å². The van der Waals surface area contributed by atoms with Crippen molar-refractivity contribution in [3.63, 3.8) is 0 Å². The van der Waals surface area contributed by atoms with Gasteiger partial charge in [0.05, 0.1) is 6.33 Å². The lowest BCUT2D eigenvalue weighted by molar-refractivity contribution is 0.122. The van der Waals surface area contributed by atoms with Crippen LogP contribution in [-0.2, 0) is 11.3 Å². The molecule has 1 aliphatic carbocycles. The number of ether oxygens (including phenoxy) is 1. The number of benzene rings is 1.